The Balaban J connectivity index is 1.83. The second-order valence-corrected chi connectivity index (χ2v) is 6.18. The molecule has 3 rings (SSSR count). The van der Waals surface area contributed by atoms with Gasteiger partial charge in [-0.25, -0.2) is 0 Å². The van der Waals surface area contributed by atoms with Gasteiger partial charge in [-0.2, -0.15) is 5.10 Å². The molecule has 6 heteroatoms. The second-order valence-electron chi connectivity index (χ2n) is 6.18. The molecule has 0 bridgehead atoms. The first kappa shape index (κ1) is 14.8. The molecule has 2 aromatic rings. The highest BCUT2D eigenvalue weighted by atomic mass is 16.5. The van der Waals surface area contributed by atoms with Gasteiger partial charge in [-0.05, 0) is 25.8 Å². The van der Waals surface area contributed by atoms with Crippen LogP contribution in [0.4, 0.5) is 0 Å². The second kappa shape index (κ2) is 5.94. The Morgan fingerprint density at radius 1 is 1.50 bits per heavy atom. The number of rotatable bonds is 4. The quantitative estimate of drug-likeness (QED) is 0.871. The average Bonchev–Trinajstić information content (AvgIpc) is 3.19. The van der Waals surface area contributed by atoms with Crippen molar-refractivity contribution >= 4 is 5.91 Å². The van der Waals surface area contributed by atoms with Crippen LogP contribution in [0.15, 0.2) is 23.0 Å². The number of aryl methyl sites for hydroxylation is 1. The SMILES string of the molecule is Cc1noc(C(C)C)c1C(=O)N1CCCC1Cn1cccn1. The average molecular weight is 302 g/mol. The number of aromatic nitrogens is 3. The molecule has 1 fully saturated rings. The van der Waals surface area contributed by atoms with Crippen LogP contribution in [-0.4, -0.2) is 38.3 Å². The van der Waals surface area contributed by atoms with E-state index in [4.69, 9.17) is 4.52 Å². The zero-order valence-electron chi connectivity index (χ0n) is 13.3. The Bertz CT molecular complexity index is 645. The standard InChI is InChI=1S/C16H22N4O2/c1-11(2)15-14(12(3)18-22-15)16(21)20-9-4-6-13(20)10-19-8-5-7-17-19/h5,7-8,11,13H,4,6,9-10H2,1-3H3. The maximum absolute atomic E-state index is 13.0. The molecule has 2 aromatic heterocycles. The smallest absolute Gasteiger partial charge is 0.259 e. The number of hydrogen-bond donors (Lipinski definition) is 0. The molecule has 0 aliphatic carbocycles. The molecule has 118 valence electrons. The van der Waals surface area contributed by atoms with Crippen LogP contribution in [-0.2, 0) is 6.54 Å². The van der Waals surface area contributed by atoms with Crippen LogP contribution in [0.25, 0.3) is 0 Å². The highest BCUT2D eigenvalue weighted by molar-refractivity contribution is 5.96. The summed E-state index contributed by atoms with van der Waals surface area (Å²) in [5, 5.41) is 8.24. The molecular formula is C16H22N4O2. The third-order valence-corrected chi connectivity index (χ3v) is 4.22. The van der Waals surface area contributed by atoms with Gasteiger partial charge in [0.15, 0.2) is 5.76 Å². The van der Waals surface area contributed by atoms with Gasteiger partial charge in [0, 0.05) is 24.9 Å². The minimum absolute atomic E-state index is 0.0390. The summed E-state index contributed by atoms with van der Waals surface area (Å²) < 4.78 is 7.25. The third kappa shape index (κ3) is 2.65. The summed E-state index contributed by atoms with van der Waals surface area (Å²) in [7, 11) is 0. The topological polar surface area (TPSA) is 64.2 Å². The predicted octanol–water partition coefficient (Wildman–Crippen LogP) is 2.61. The van der Waals surface area contributed by atoms with E-state index < -0.39 is 0 Å². The molecule has 0 radical (unpaired) electrons. The molecular weight excluding hydrogens is 280 g/mol. The lowest BCUT2D eigenvalue weighted by Crippen LogP contribution is -2.38. The van der Waals surface area contributed by atoms with Crippen LogP contribution >= 0.6 is 0 Å². The molecule has 1 atom stereocenters. The van der Waals surface area contributed by atoms with E-state index in [-0.39, 0.29) is 17.9 Å². The molecule has 1 amide bonds. The van der Waals surface area contributed by atoms with Crippen LogP contribution in [0, 0.1) is 6.92 Å². The van der Waals surface area contributed by atoms with Crippen LogP contribution < -0.4 is 0 Å². The molecule has 0 spiro atoms. The van der Waals surface area contributed by atoms with Crippen molar-refractivity contribution in [3.8, 4) is 0 Å². The van der Waals surface area contributed by atoms with Gasteiger partial charge in [-0.15, -0.1) is 0 Å². The Labute approximate surface area is 130 Å². The molecule has 0 aromatic carbocycles. The number of likely N-dealkylation sites (tertiary alicyclic amines) is 1. The largest absolute Gasteiger partial charge is 0.360 e. The number of nitrogens with zero attached hydrogens (tertiary/aromatic N) is 4. The zero-order valence-corrected chi connectivity index (χ0v) is 13.3. The first-order valence-corrected chi connectivity index (χ1v) is 7.82. The van der Waals surface area contributed by atoms with E-state index >= 15 is 0 Å². The van der Waals surface area contributed by atoms with E-state index in [9.17, 15) is 4.79 Å². The number of carbonyl (C=O) groups excluding carboxylic acids is 1. The van der Waals surface area contributed by atoms with Crippen molar-refractivity contribution in [3.63, 3.8) is 0 Å². The summed E-state index contributed by atoms with van der Waals surface area (Å²) in [5.74, 6) is 0.872. The van der Waals surface area contributed by atoms with Crippen molar-refractivity contribution in [1.82, 2.24) is 19.8 Å². The molecule has 22 heavy (non-hydrogen) atoms. The summed E-state index contributed by atoms with van der Waals surface area (Å²) in [5.41, 5.74) is 1.32. The maximum atomic E-state index is 13.0. The van der Waals surface area contributed by atoms with Gasteiger partial charge in [-0.3, -0.25) is 9.48 Å². The molecule has 3 heterocycles. The summed E-state index contributed by atoms with van der Waals surface area (Å²) >= 11 is 0. The predicted molar refractivity (Wildman–Crippen MR) is 81.6 cm³/mol. The Morgan fingerprint density at radius 3 is 3.00 bits per heavy atom. The van der Waals surface area contributed by atoms with Crippen molar-refractivity contribution in [2.24, 2.45) is 0 Å². The van der Waals surface area contributed by atoms with Gasteiger partial charge in [0.05, 0.1) is 18.3 Å². The monoisotopic (exact) mass is 302 g/mol. The van der Waals surface area contributed by atoms with Gasteiger partial charge in [0.2, 0.25) is 0 Å². The van der Waals surface area contributed by atoms with Crippen LogP contribution in [0.5, 0.6) is 0 Å². The first-order valence-electron chi connectivity index (χ1n) is 7.82. The van der Waals surface area contributed by atoms with Gasteiger partial charge in [0.25, 0.3) is 5.91 Å². The fourth-order valence-corrected chi connectivity index (χ4v) is 3.10. The fraction of sp³-hybridized carbons (Fsp3) is 0.562. The summed E-state index contributed by atoms with van der Waals surface area (Å²) in [4.78, 5) is 14.9. The molecule has 1 aliphatic rings. The third-order valence-electron chi connectivity index (χ3n) is 4.22. The Morgan fingerprint density at radius 2 is 2.32 bits per heavy atom. The van der Waals surface area contributed by atoms with Gasteiger partial charge >= 0.3 is 0 Å². The van der Waals surface area contributed by atoms with E-state index in [2.05, 4.69) is 10.3 Å². The van der Waals surface area contributed by atoms with Gasteiger partial charge in [0.1, 0.15) is 5.56 Å². The van der Waals surface area contributed by atoms with Gasteiger partial charge in [-0.1, -0.05) is 19.0 Å². The molecule has 0 saturated carbocycles. The van der Waals surface area contributed by atoms with Crippen molar-refractivity contribution in [3.05, 3.63) is 35.5 Å². The number of carbonyl (C=O) groups is 1. The Hall–Kier alpha value is -2.11. The molecule has 6 nitrogen and oxygen atoms in total. The molecule has 0 N–H and O–H groups in total. The van der Waals surface area contributed by atoms with Crippen molar-refractivity contribution < 1.29 is 9.32 Å². The zero-order chi connectivity index (χ0) is 15.7. The van der Waals surface area contributed by atoms with Gasteiger partial charge < -0.3 is 9.42 Å². The lowest BCUT2D eigenvalue weighted by atomic mass is 10.0. The minimum Gasteiger partial charge on any atom is -0.360 e. The summed E-state index contributed by atoms with van der Waals surface area (Å²) in [6, 6.07) is 2.09. The highest BCUT2D eigenvalue weighted by Crippen LogP contribution is 2.27. The van der Waals surface area contributed by atoms with Crippen LogP contribution in [0.1, 0.15) is 54.4 Å². The number of hydrogen-bond acceptors (Lipinski definition) is 4. The normalized spacial score (nSPS) is 18.4. The van der Waals surface area contributed by atoms with Crippen molar-refractivity contribution in [2.75, 3.05) is 6.54 Å². The van der Waals surface area contributed by atoms with Crippen molar-refractivity contribution in [2.45, 2.75) is 52.1 Å². The maximum Gasteiger partial charge on any atom is 0.259 e. The number of amides is 1. The van der Waals surface area contributed by atoms with Crippen LogP contribution in [0.2, 0.25) is 0 Å². The molecule has 1 saturated heterocycles. The van der Waals surface area contributed by atoms with Crippen molar-refractivity contribution in [1.29, 1.82) is 0 Å². The van der Waals surface area contributed by atoms with E-state index in [0.717, 1.165) is 25.9 Å². The lowest BCUT2D eigenvalue weighted by molar-refractivity contribution is 0.0718. The summed E-state index contributed by atoms with van der Waals surface area (Å²) in [6.07, 6.45) is 5.74. The van der Waals surface area contributed by atoms with E-state index in [1.165, 1.54) is 0 Å². The van der Waals surface area contributed by atoms with E-state index in [1.54, 1.807) is 6.20 Å². The van der Waals surface area contributed by atoms with Crippen LogP contribution in [0.3, 0.4) is 0 Å². The highest BCUT2D eigenvalue weighted by Gasteiger charge is 2.34. The Kier molecular flexibility index (Phi) is 4.00. The fourth-order valence-electron chi connectivity index (χ4n) is 3.10. The van der Waals surface area contributed by atoms with E-state index in [1.807, 2.05) is 42.6 Å². The summed E-state index contributed by atoms with van der Waals surface area (Å²) in [6.45, 7) is 7.39. The lowest BCUT2D eigenvalue weighted by Gasteiger charge is -2.25. The molecule has 1 unspecified atom stereocenters. The first-order chi connectivity index (χ1) is 10.6. The minimum atomic E-state index is 0.0390. The molecule has 1 aliphatic heterocycles. The van der Waals surface area contributed by atoms with E-state index in [0.29, 0.717) is 17.0 Å².